The SMILES string of the molecule is CCCNCc1cccc(Oc2ccc(C)cc2Br)c1. The summed E-state index contributed by atoms with van der Waals surface area (Å²) in [5.41, 5.74) is 2.45. The van der Waals surface area contributed by atoms with E-state index in [1.54, 1.807) is 0 Å². The second kappa shape index (κ2) is 7.46. The Kier molecular flexibility index (Phi) is 5.62. The Morgan fingerprint density at radius 1 is 1.15 bits per heavy atom. The van der Waals surface area contributed by atoms with Gasteiger partial charge in [0.05, 0.1) is 4.47 Å². The lowest BCUT2D eigenvalue weighted by molar-refractivity contribution is 0.478. The van der Waals surface area contributed by atoms with Gasteiger partial charge in [0.1, 0.15) is 11.5 Å². The fourth-order valence-corrected chi connectivity index (χ4v) is 2.52. The summed E-state index contributed by atoms with van der Waals surface area (Å²) in [7, 11) is 0. The van der Waals surface area contributed by atoms with Gasteiger partial charge in [0.2, 0.25) is 0 Å². The molecule has 0 bridgehead atoms. The van der Waals surface area contributed by atoms with Crippen LogP contribution in [0, 0.1) is 6.92 Å². The molecule has 2 aromatic carbocycles. The number of aryl methyl sites for hydroxylation is 1. The van der Waals surface area contributed by atoms with Crippen molar-refractivity contribution in [3.63, 3.8) is 0 Å². The highest BCUT2D eigenvalue weighted by molar-refractivity contribution is 9.10. The van der Waals surface area contributed by atoms with Crippen molar-refractivity contribution in [1.29, 1.82) is 0 Å². The zero-order chi connectivity index (χ0) is 14.4. The van der Waals surface area contributed by atoms with E-state index in [9.17, 15) is 0 Å². The monoisotopic (exact) mass is 333 g/mol. The van der Waals surface area contributed by atoms with Gasteiger partial charge in [-0.1, -0.05) is 25.1 Å². The topological polar surface area (TPSA) is 21.3 Å². The molecule has 0 saturated heterocycles. The van der Waals surface area contributed by atoms with Gasteiger partial charge in [-0.25, -0.2) is 0 Å². The van der Waals surface area contributed by atoms with Crippen molar-refractivity contribution in [3.8, 4) is 11.5 Å². The molecular weight excluding hydrogens is 314 g/mol. The van der Waals surface area contributed by atoms with Gasteiger partial charge in [0.25, 0.3) is 0 Å². The molecule has 2 nitrogen and oxygen atoms in total. The molecule has 1 N–H and O–H groups in total. The van der Waals surface area contributed by atoms with E-state index in [-0.39, 0.29) is 0 Å². The first kappa shape index (κ1) is 15.1. The summed E-state index contributed by atoms with van der Waals surface area (Å²) in [6.45, 7) is 6.14. The Morgan fingerprint density at radius 3 is 2.75 bits per heavy atom. The van der Waals surface area contributed by atoms with Gasteiger partial charge in [-0.3, -0.25) is 0 Å². The molecule has 106 valence electrons. The molecule has 2 rings (SSSR count). The van der Waals surface area contributed by atoms with Crippen LogP contribution < -0.4 is 10.1 Å². The van der Waals surface area contributed by atoms with Gasteiger partial charge in [-0.2, -0.15) is 0 Å². The normalized spacial score (nSPS) is 10.6. The summed E-state index contributed by atoms with van der Waals surface area (Å²) in [5.74, 6) is 1.71. The predicted octanol–water partition coefficient (Wildman–Crippen LogP) is 5.05. The third-order valence-corrected chi connectivity index (χ3v) is 3.59. The summed E-state index contributed by atoms with van der Waals surface area (Å²) >= 11 is 3.54. The van der Waals surface area contributed by atoms with Crippen LogP contribution in [0.1, 0.15) is 24.5 Å². The average Bonchev–Trinajstić information content (AvgIpc) is 2.43. The van der Waals surface area contributed by atoms with Crippen molar-refractivity contribution in [3.05, 3.63) is 58.1 Å². The number of nitrogens with one attached hydrogen (secondary N) is 1. The quantitative estimate of drug-likeness (QED) is 0.747. The molecule has 0 aliphatic carbocycles. The summed E-state index contributed by atoms with van der Waals surface area (Å²) in [6.07, 6.45) is 1.15. The van der Waals surface area contributed by atoms with Gasteiger partial charge < -0.3 is 10.1 Å². The molecule has 20 heavy (non-hydrogen) atoms. The largest absolute Gasteiger partial charge is 0.456 e. The molecule has 0 fully saturated rings. The van der Waals surface area contributed by atoms with Gasteiger partial charge in [0.15, 0.2) is 0 Å². The van der Waals surface area contributed by atoms with E-state index in [1.807, 2.05) is 24.3 Å². The minimum absolute atomic E-state index is 0.842. The van der Waals surface area contributed by atoms with Crippen LogP contribution in [0.3, 0.4) is 0 Å². The third kappa shape index (κ3) is 4.36. The molecule has 0 spiro atoms. The molecule has 0 amide bonds. The van der Waals surface area contributed by atoms with Crippen LogP contribution in [0.25, 0.3) is 0 Å². The molecule has 0 heterocycles. The summed E-state index contributed by atoms with van der Waals surface area (Å²) < 4.78 is 6.92. The van der Waals surface area contributed by atoms with Crippen molar-refractivity contribution in [2.75, 3.05) is 6.54 Å². The van der Waals surface area contributed by atoms with E-state index >= 15 is 0 Å². The fourth-order valence-electron chi connectivity index (χ4n) is 1.94. The maximum atomic E-state index is 5.94. The van der Waals surface area contributed by atoms with Crippen molar-refractivity contribution in [1.82, 2.24) is 5.32 Å². The predicted molar refractivity (Wildman–Crippen MR) is 87.4 cm³/mol. The molecule has 0 aromatic heterocycles. The van der Waals surface area contributed by atoms with Crippen molar-refractivity contribution in [2.24, 2.45) is 0 Å². The van der Waals surface area contributed by atoms with Gasteiger partial charge in [-0.15, -0.1) is 0 Å². The van der Waals surface area contributed by atoms with E-state index in [4.69, 9.17) is 4.74 Å². The van der Waals surface area contributed by atoms with Crippen LogP contribution in [0.4, 0.5) is 0 Å². The number of hydrogen-bond donors (Lipinski definition) is 1. The molecule has 0 radical (unpaired) electrons. The first-order chi connectivity index (χ1) is 9.69. The molecular formula is C17H20BrNO. The van der Waals surface area contributed by atoms with Crippen molar-refractivity contribution in [2.45, 2.75) is 26.8 Å². The lowest BCUT2D eigenvalue weighted by atomic mass is 10.2. The van der Waals surface area contributed by atoms with E-state index in [0.717, 1.165) is 35.5 Å². The molecule has 0 saturated carbocycles. The zero-order valence-electron chi connectivity index (χ0n) is 11.9. The number of hydrogen-bond acceptors (Lipinski definition) is 2. The van der Waals surface area contributed by atoms with E-state index in [0.29, 0.717) is 0 Å². The fraction of sp³-hybridized carbons (Fsp3) is 0.294. The first-order valence-electron chi connectivity index (χ1n) is 6.92. The summed E-state index contributed by atoms with van der Waals surface area (Å²) in [6, 6.07) is 14.3. The Hall–Kier alpha value is -1.32. The average molecular weight is 334 g/mol. The van der Waals surface area contributed by atoms with E-state index in [2.05, 4.69) is 53.3 Å². The van der Waals surface area contributed by atoms with Crippen LogP contribution in [0.2, 0.25) is 0 Å². The van der Waals surface area contributed by atoms with Gasteiger partial charge in [0, 0.05) is 6.54 Å². The maximum Gasteiger partial charge on any atom is 0.141 e. The van der Waals surface area contributed by atoms with Gasteiger partial charge >= 0.3 is 0 Å². The van der Waals surface area contributed by atoms with Crippen molar-refractivity contribution >= 4 is 15.9 Å². The lowest BCUT2D eigenvalue weighted by Gasteiger charge is -2.10. The number of ether oxygens (including phenoxy) is 1. The number of rotatable bonds is 6. The number of benzene rings is 2. The minimum atomic E-state index is 0.842. The van der Waals surface area contributed by atoms with E-state index < -0.39 is 0 Å². The van der Waals surface area contributed by atoms with Crippen LogP contribution in [0.5, 0.6) is 11.5 Å². The second-order valence-electron chi connectivity index (χ2n) is 4.86. The second-order valence-corrected chi connectivity index (χ2v) is 5.71. The molecule has 0 unspecified atom stereocenters. The van der Waals surface area contributed by atoms with Crippen LogP contribution in [0.15, 0.2) is 46.9 Å². The van der Waals surface area contributed by atoms with Crippen LogP contribution >= 0.6 is 15.9 Å². The first-order valence-corrected chi connectivity index (χ1v) is 7.72. The molecule has 0 aliphatic heterocycles. The highest BCUT2D eigenvalue weighted by Crippen LogP contribution is 2.30. The molecule has 0 aliphatic rings. The minimum Gasteiger partial charge on any atom is -0.456 e. The Bertz CT molecular complexity index is 569. The summed E-state index contributed by atoms with van der Waals surface area (Å²) in [4.78, 5) is 0. The Balaban J connectivity index is 2.07. The highest BCUT2D eigenvalue weighted by atomic mass is 79.9. The Morgan fingerprint density at radius 2 is 2.00 bits per heavy atom. The lowest BCUT2D eigenvalue weighted by Crippen LogP contribution is -2.13. The molecule has 0 atom stereocenters. The highest BCUT2D eigenvalue weighted by Gasteiger charge is 2.03. The van der Waals surface area contributed by atoms with Crippen LogP contribution in [-0.4, -0.2) is 6.54 Å². The maximum absolute atomic E-state index is 5.94. The molecule has 2 aromatic rings. The van der Waals surface area contributed by atoms with E-state index in [1.165, 1.54) is 11.1 Å². The van der Waals surface area contributed by atoms with Crippen molar-refractivity contribution < 1.29 is 4.74 Å². The smallest absolute Gasteiger partial charge is 0.141 e. The third-order valence-electron chi connectivity index (χ3n) is 2.97. The standard InChI is InChI=1S/C17H20BrNO/c1-3-9-19-12-14-5-4-6-15(11-14)20-17-8-7-13(2)10-16(17)18/h4-8,10-11,19H,3,9,12H2,1-2H3. The molecule has 3 heteroatoms. The zero-order valence-corrected chi connectivity index (χ0v) is 13.5. The van der Waals surface area contributed by atoms with Gasteiger partial charge in [-0.05, 0) is 71.2 Å². The summed E-state index contributed by atoms with van der Waals surface area (Å²) in [5, 5.41) is 3.40. The number of halogens is 1. The van der Waals surface area contributed by atoms with Crippen LogP contribution in [-0.2, 0) is 6.54 Å². The Labute approximate surface area is 129 Å².